The van der Waals surface area contributed by atoms with Crippen molar-refractivity contribution in [2.24, 2.45) is 0 Å². The van der Waals surface area contributed by atoms with Gasteiger partial charge in [-0.1, -0.05) is 41.5 Å². The van der Waals surface area contributed by atoms with Crippen LogP contribution in [0, 0.1) is 0 Å². The Bertz CT molecular complexity index is 174. The summed E-state index contributed by atoms with van der Waals surface area (Å²) in [5.41, 5.74) is 0. The molecule has 0 atom stereocenters. The molecule has 0 aliphatic rings. The second-order valence-electron chi connectivity index (χ2n) is 2.13. The fourth-order valence-electron chi connectivity index (χ4n) is 0.510. The van der Waals surface area contributed by atoms with Gasteiger partial charge in [0.2, 0.25) is 5.91 Å². The number of ether oxygens (including phenoxy) is 3. The van der Waals surface area contributed by atoms with Gasteiger partial charge in [-0.3, -0.25) is 4.79 Å². The third kappa shape index (κ3) is 38.4. The van der Waals surface area contributed by atoms with Gasteiger partial charge in [0.25, 0.3) is 0 Å². The second kappa shape index (κ2) is 30.1. The van der Waals surface area contributed by atoms with Crippen LogP contribution in [0.5, 0.6) is 0 Å². The Kier molecular flexibility index (Phi) is 41.6. The maximum absolute atomic E-state index is 10.6. The minimum atomic E-state index is -0.813. The molecular weight excluding hydrogens is 250 g/mol. The van der Waals surface area contributed by atoms with Crippen molar-refractivity contribution < 1.29 is 23.8 Å². The lowest BCUT2D eigenvalue weighted by Gasteiger charge is -2.04. The van der Waals surface area contributed by atoms with Crippen LogP contribution in [-0.4, -0.2) is 39.1 Å². The number of rotatable bonds is 5. The van der Waals surface area contributed by atoms with Gasteiger partial charge in [-0.05, 0) is 0 Å². The van der Waals surface area contributed by atoms with E-state index in [2.05, 4.69) is 19.5 Å². The lowest BCUT2D eigenvalue weighted by molar-refractivity contribution is -0.119. The summed E-state index contributed by atoms with van der Waals surface area (Å²) in [6.07, 6.45) is -0.813. The summed E-state index contributed by atoms with van der Waals surface area (Å²) in [7, 11) is 1.39. The Labute approximate surface area is 117 Å². The van der Waals surface area contributed by atoms with Crippen molar-refractivity contribution in [1.82, 2.24) is 5.32 Å². The highest BCUT2D eigenvalue weighted by atomic mass is 16.8. The first-order valence-electron chi connectivity index (χ1n) is 6.69. The average Bonchev–Trinajstić information content (AvgIpc) is 2.47. The van der Waals surface area contributed by atoms with Gasteiger partial charge in [-0.15, -0.1) is 0 Å². The highest BCUT2D eigenvalue weighted by Gasteiger charge is 2.01. The van der Waals surface area contributed by atoms with E-state index in [-0.39, 0.29) is 25.9 Å². The van der Waals surface area contributed by atoms with E-state index in [0.29, 0.717) is 0 Å². The van der Waals surface area contributed by atoms with Gasteiger partial charge in [0, 0.05) is 14.0 Å². The zero-order chi connectivity index (χ0) is 16.1. The van der Waals surface area contributed by atoms with Crippen LogP contribution in [-0.2, 0) is 19.0 Å². The van der Waals surface area contributed by atoms with E-state index < -0.39 is 6.16 Å². The van der Waals surface area contributed by atoms with Gasteiger partial charge < -0.3 is 19.5 Å². The van der Waals surface area contributed by atoms with E-state index in [0.717, 1.165) is 0 Å². The fraction of sp³-hybridized carbons (Fsp3) is 0.846. The van der Waals surface area contributed by atoms with Crippen LogP contribution in [0.15, 0.2) is 0 Å². The third-order valence-electron chi connectivity index (χ3n) is 0.991. The van der Waals surface area contributed by atoms with E-state index in [4.69, 9.17) is 0 Å². The predicted octanol–water partition coefficient (Wildman–Crippen LogP) is 2.96. The molecular formula is C13H31NO5. The summed E-state index contributed by atoms with van der Waals surface area (Å²) < 4.78 is 13.4. The number of carbonyl (C=O) groups excluding carboxylic acids is 2. The molecule has 1 N–H and O–H groups in total. The molecule has 0 aromatic carbocycles. The van der Waals surface area contributed by atoms with Crippen molar-refractivity contribution in [3.63, 3.8) is 0 Å². The van der Waals surface area contributed by atoms with E-state index in [1.54, 1.807) is 0 Å². The van der Waals surface area contributed by atoms with Crippen molar-refractivity contribution in [3.8, 4) is 0 Å². The molecule has 0 bridgehead atoms. The van der Waals surface area contributed by atoms with Gasteiger partial charge in [0.15, 0.2) is 6.79 Å². The molecule has 0 heterocycles. The molecule has 0 aliphatic carbocycles. The van der Waals surface area contributed by atoms with Crippen LogP contribution >= 0.6 is 0 Å². The first-order valence-corrected chi connectivity index (χ1v) is 6.69. The zero-order valence-corrected chi connectivity index (χ0v) is 13.7. The average molecular weight is 281 g/mol. The van der Waals surface area contributed by atoms with Crippen LogP contribution in [0.1, 0.15) is 48.5 Å². The van der Waals surface area contributed by atoms with Gasteiger partial charge in [0.1, 0.15) is 6.61 Å². The molecule has 0 radical (unpaired) electrons. The largest absolute Gasteiger partial charge is 0.510 e. The molecule has 0 spiro atoms. The lowest BCUT2D eigenvalue weighted by Crippen LogP contribution is -2.25. The Morgan fingerprint density at radius 1 is 0.947 bits per heavy atom. The lowest BCUT2D eigenvalue weighted by atomic mass is 10.6. The van der Waals surface area contributed by atoms with Gasteiger partial charge >= 0.3 is 6.16 Å². The van der Waals surface area contributed by atoms with Crippen molar-refractivity contribution in [2.45, 2.75) is 48.5 Å². The maximum atomic E-state index is 10.6. The smallest absolute Gasteiger partial charge is 0.432 e. The summed E-state index contributed by atoms with van der Waals surface area (Å²) in [5, 5.41) is 2.45. The van der Waals surface area contributed by atoms with E-state index >= 15 is 0 Å². The maximum Gasteiger partial charge on any atom is 0.510 e. The summed E-state index contributed by atoms with van der Waals surface area (Å²) in [5.74, 6) is -0.172. The molecule has 6 heteroatoms. The molecule has 0 aliphatic heterocycles. The van der Waals surface area contributed by atoms with E-state index in [9.17, 15) is 9.59 Å². The molecule has 0 aromatic heterocycles. The van der Waals surface area contributed by atoms with Gasteiger partial charge in [-0.2, -0.15) is 0 Å². The SMILES string of the molecule is CC.CC.CC.COCOC(=O)OCCNC(C)=O. The molecule has 0 rings (SSSR count). The van der Waals surface area contributed by atoms with Crippen molar-refractivity contribution in [2.75, 3.05) is 27.1 Å². The van der Waals surface area contributed by atoms with Crippen LogP contribution in [0.4, 0.5) is 4.79 Å². The molecule has 19 heavy (non-hydrogen) atoms. The normalized spacial score (nSPS) is 7.16. The summed E-state index contributed by atoms with van der Waals surface area (Å²) in [6, 6.07) is 0. The molecule has 0 aromatic rings. The van der Waals surface area contributed by atoms with E-state index in [1.807, 2.05) is 41.5 Å². The number of nitrogens with one attached hydrogen (secondary N) is 1. The molecule has 0 unspecified atom stereocenters. The monoisotopic (exact) mass is 281 g/mol. The number of carbonyl (C=O) groups is 2. The van der Waals surface area contributed by atoms with E-state index in [1.165, 1.54) is 14.0 Å². The van der Waals surface area contributed by atoms with Crippen LogP contribution < -0.4 is 5.32 Å². The van der Waals surface area contributed by atoms with Crippen LogP contribution in [0.25, 0.3) is 0 Å². The minimum Gasteiger partial charge on any atom is -0.432 e. The number of hydrogen-bond acceptors (Lipinski definition) is 5. The van der Waals surface area contributed by atoms with Crippen LogP contribution in [0.3, 0.4) is 0 Å². The summed E-state index contributed by atoms with van der Waals surface area (Å²) in [6.45, 7) is 13.6. The Hall–Kier alpha value is -1.30. The zero-order valence-electron chi connectivity index (χ0n) is 13.7. The topological polar surface area (TPSA) is 73.9 Å². The second-order valence-corrected chi connectivity index (χ2v) is 2.13. The quantitative estimate of drug-likeness (QED) is 0.476. The Morgan fingerprint density at radius 3 is 1.79 bits per heavy atom. The van der Waals surface area contributed by atoms with Crippen molar-refractivity contribution in [1.29, 1.82) is 0 Å². The molecule has 1 amide bonds. The standard InChI is InChI=1S/C7H13NO5.3C2H6/c1-6(9)8-3-4-12-7(10)13-5-11-2;3*1-2/h3-5H2,1-2H3,(H,8,9);3*1-2H3. The highest BCUT2D eigenvalue weighted by molar-refractivity contribution is 5.72. The molecule has 0 fully saturated rings. The molecule has 6 nitrogen and oxygen atoms in total. The van der Waals surface area contributed by atoms with Crippen molar-refractivity contribution >= 4 is 12.1 Å². The van der Waals surface area contributed by atoms with Gasteiger partial charge in [0.05, 0.1) is 6.54 Å². The highest BCUT2D eigenvalue weighted by Crippen LogP contribution is 1.84. The first kappa shape index (κ1) is 26.3. The molecule has 0 saturated carbocycles. The summed E-state index contributed by atoms with van der Waals surface area (Å²) >= 11 is 0. The van der Waals surface area contributed by atoms with Crippen molar-refractivity contribution in [3.05, 3.63) is 0 Å². The predicted molar refractivity (Wildman–Crippen MR) is 77.0 cm³/mol. The number of hydrogen-bond donors (Lipinski definition) is 1. The first-order chi connectivity index (χ1) is 9.16. The third-order valence-corrected chi connectivity index (χ3v) is 0.991. The number of amides is 1. The van der Waals surface area contributed by atoms with Gasteiger partial charge in [-0.25, -0.2) is 4.79 Å². The van der Waals surface area contributed by atoms with Crippen LogP contribution in [0.2, 0.25) is 0 Å². The Balaban J connectivity index is -0.000000163. The fourth-order valence-corrected chi connectivity index (χ4v) is 0.510. The minimum absolute atomic E-state index is 0.0854. The number of methoxy groups -OCH3 is 1. The molecule has 0 saturated heterocycles. The summed E-state index contributed by atoms with van der Waals surface area (Å²) in [4.78, 5) is 21.0. The molecule has 118 valence electrons. The Morgan fingerprint density at radius 2 is 1.42 bits per heavy atom.